The molecule has 25 heavy (non-hydrogen) atoms. The number of methoxy groups -OCH3 is 2. The van der Waals surface area contributed by atoms with E-state index in [-0.39, 0.29) is 32.6 Å². The number of aryl methyl sites for hydroxylation is 1. The van der Waals surface area contributed by atoms with E-state index < -0.39 is 21.9 Å². The first kappa shape index (κ1) is 18.6. The van der Waals surface area contributed by atoms with Gasteiger partial charge in [-0.1, -0.05) is 11.6 Å². The highest BCUT2D eigenvalue weighted by atomic mass is 35.5. The lowest BCUT2D eigenvalue weighted by Gasteiger charge is -2.10. The normalized spacial score (nSPS) is 10.8. The molecule has 0 aliphatic rings. The molecule has 8 nitrogen and oxygen atoms in total. The summed E-state index contributed by atoms with van der Waals surface area (Å²) in [6, 6.07) is 5.77. The van der Waals surface area contributed by atoms with Crippen molar-refractivity contribution in [2.24, 2.45) is 0 Å². The van der Waals surface area contributed by atoms with Crippen molar-refractivity contribution in [3.05, 3.63) is 40.1 Å². The Morgan fingerprint density at radius 2 is 2.04 bits per heavy atom. The van der Waals surface area contributed by atoms with Gasteiger partial charge in [0.2, 0.25) is 5.88 Å². The number of anilines is 1. The molecule has 1 aromatic heterocycles. The number of furan rings is 1. The number of carbonyl (C=O) groups is 1. The van der Waals surface area contributed by atoms with Gasteiger partial charge >= 0.3 is 5.97 Å². The second-order valence-electron chi connectivity index (χ2n) is 4.74. The van der Waals surface area contributed by atoms with Crippen LogP contribution in [0.1, 0.15) is 21.7 Å². The summed E-state index contributed by atoms with van der Waals surface area (Å²) >= 11 is 5.85. The maximum Gasteiger partial charge on any atom is 0.342 e. The molecule has 0 saturated carbocycles. The number of nitriles is 1. The third-order valence-electron chi connectivity index (χ3n) is 3.23. The van der Waals surface area contributed by atoms with Gasteiger partial charge in [-0.3, -0.25) is 0 Å². The molecule has 0 unspecified atom stereocenters. The Morgan fingerprint density at radius 1 is 1.36 bits per heavy atom. The van der Waals surface area contributed by atoms with Crippen LogP contribution in [0.4, 0.5) is 5.88 Å². The summed E-state index contributed by atoms with van der Waals surface area (Å²) < 4.78 is 42.2. The van der Waals surface area contributed by atoms with Crippen LogP contribution in [-0.2, 0) is 14.8 Å². The smallest absolute Gasteiger partial charge is 0.342 e. The Kier molecular flexibility index (Phi) is 5.25. The van der Waals surface area contributed by atoms with Gasteiger partial charge in [0.25, 0.3) is 10.0 Å². The van der Waals surface area contributed by atoms with Crippen LogP contribution >= 0.6 is 11.6 Å². The van der Waals surface area contributed by atoms with Crippen LogP contribution in [-0.4, -0.2) is 28.6 Å². The van der Waals surface area contributed by atoms with Crippen LogP contribution in [0.2, 0.25) is 5.02 Å². The molecule has 0 saturated heterocycles. The maximum absolute atomic E-state index is 12.6. The second kappa shape index (κ2) is 7.04. The quantitative estimate of drug-likeness (QED) is 0.787. The molecule has 1 aromatic carbocycles. The van der Waals surface area contributed by atoms with Crippen LogP contribution in [0, 0.1) is 18.3 Å². The number of nitrogens with zero attached hydrogens (tertiary/aromatic N) is 1. The largest absolute Gasteiger partial charge is 0.495 e. The topological polar surface area (TPSA) is 119 Å². The average Bonchev–Trinajstić information content (AvgIpc) is 2.88. The summed E-state index contributed by atoms with van der Waals surface area (Å²) in [5, 5.41) is 9.44. The lowest BCUT2D eigenvalue weighted by atomic mass is 10.1. The van der Waals surface area contributed by atoms with Crippen LogP contribution in [0.25, 0.3) is 0 Å². The highest BCUT2D eigenvalue weighted by Crippen LogP contribution is 2.32. The van der Waals surface area contributed by atoms with E-state index in [2.05, 4.69) is 9.46 Å². The van der Waals surface area contributed by atoms with Crippen molar-refractivity contribution >= 4 is 33.5 Å². The number of rotatable bonds is 5. The highest BCUT2D eigenvalue weighted by molar-refractivity contribution is 7.92. The summed E-state index contributed by atoms with van der Waals surface area (Å²) in [6.07, 6.45) is 0. The van der Waals surface area contributed by atoms with Crippen molar-refractivity contribution in [3.8, 4) is 11.8 Å². The zero-order valence-electron chi connectivity index (χ0n) is 13.4. The summed E-state index contributed by atoms with van der Waals surface area (Å²) in [5.74, 6) is -1.13. The molecule has 0 bridgehead atoms. The Balaban J connectivity index is 2.55. The number of hydrogen-bond donors (Lipinski definition) is 1. The van der Waals surface area contributed by atoms with Crippen LogP contribution in [0.3, 0.4) is 0 Å². The van der Waals surface area contributed by atoms with E-state index in [0.29, 0.717) is 0 Å². The molecule has 1 N–H and O–H groups in total. The first-order chi connectivity index (χ1) is 11.7. The minimum Gasteiger partial charge on any atom is -0.495 e. The van der Waals surface area contributed by atoms with Gasteiger partial charge in [-0.15, -0.1) is 0 Å². The number of esters is 1. The van der Waals surface area contributed by atoms with E-state index in [9.17, 15) is 18.5 Å². The number of carbonyl (C=O) groups excluding carboxylic acids is 1. The van der Waals surface area contributed by atoms with Gasteiger partial charge in [0, 0.05) is 5.02 Å². The van der Waals surface area contributed by atoms with Crippen molar-refractivity contribution in [3.63, 3.8) is 0 Å². The van der Waals surface area contributed by atoms with Crippen LogP contribution in [0.15, 0.2) is 27.5 Å². The number of hydrogen-bond acceptors (Lipinski definition) is 7. The van der Waals surface area contributed by atoms with Crippen LogP contribution in [0.5, 0.6) is 5.75 Å². The van der Waals surface area contributed by atoms with Crippen molar-refractivity contribution in [1.29, 1.82) is 5.26 Å². The van der Waals surface area contributed by atoms with Gasteiger partial charge < -0.3 is 13.9 Å². The molecule has 1 heterocycles. The zero-order valence-corrected chi connectivity index (χ0v) is 15.0. The Hall–Kier alpha value is -2.70. The van der Waals surface area contributed by atoms with Gasteiger partial charge in [-0.05, 0) is 25.1 Å². The molecule has 2 aromatic rings. The van der Waals surface area contributed by atoms with E-state index >= 15 is 0 Å². The monoisotopic (exact) mass is 384 g/mol. The van der Waals surface area contributed by atoms with E-state index in [1.54, 1.807) is 6.07 Å². The highest BCUT2D eigenvalue weighted by Gasteiger charge is 2.29. The third-order valence-corrected chi connectivity index (χ3v) is 4.82. The number of sulfonamides is 1. The maximum atomic E-state index is 12.6. The Labute approximate surface area is 149 Å². The first-order valence-electron chi connectivity index (χ1n) is 6.73. The number of ether oxygens (including phenoxy) is 2. The minimum atomic E-state index is -4.20. The molecular weight excluding hydrogens is 372 g/mol. The van der Waals surface area contributed by atoms with Gasteiger partial charge in [0.1, 0.15) is 33.6 Å². The summed E-state index contributed by atoms with van der Waals surface area (Å²) in [5.41, 5.74) is -0.435. The van der Waals surface area contributed by atoms with Crippen molar-refractivity contribution in [1.82, 2.24) is 0 Å². The molecule has 0 amide bonds. The second-order valence-corrected chi connectivity index (χ2v) is 6.83. The standard InChI is InChI=1S/C15H13ClN2O6S/c1-8-13(15(19)23-3)10(7-17)14(24-8)18-25(20,21)12-6-9(16)4-5-11(12)22-2/h4-6,18H,1-3H3. The molecule has 2 rings (SSSR count). The molecule has 132 valence electrons. The van der Waals surface area contributed by atoms with Crippen molar-refractivity contribution in [2.75, 3.05) is 18.9 Å². The van der Waals surface area contributed by atoms with E-state index in [1.807, 2.05) is 0 Å². The SMILES string of the molecule is COC(=O)c1c(C)oc(NS(=O)(=O)c2cc(Cl)ccc2OC)c1C#N. The van der Waals surface area contributed by atoms with Gasteiger partial charge in [-0.25, -0.2) is 17.9 Å². The summed E-state index contributed by atoms with van der Waals surface area (Å²) in [6.45, 7) is 1.41. The summed E-state index contributed by atoms with van der Waals surface area (Å²) in [4.78, 5) is 11.5. The van der Waals surface area contributed by atoms with Gasteiger partial charge in [0.05, 0.1) is 14.2 Å². The predicted molar refractivity (Wildman–Crippen MR) is 88.3 cm³/mol. The number of nitrogens with one attached hydrogen (secondary N) is 1. The predicted octanol–water partition coefficient (Wildman–Crippen LogP) is 2.71. The molecule has 10 heteroatoms. The number of benzene rings is 1. The van der Waals surface area contributed by atoms with E-state index in [1.165, 1.54) is 32.2 Å². The third kappa shape index (κ3) is 3.55. The average molecular weight is 385 g/mol. The number of halogens is 1. The molecule has 0 fully saturated rings. The molecule has 0 atom stereocenters. The van der Waals surface area contributed by atoms with Crippen molar-refractivity contribution < 1.29 is 27.1 Å². The van der Waals surface area contributed by atoms with E-state index in [4.69, 9.17) is 20.8 Å². The minimum absolute atomic E-state index is 0.0409. The molecule has 0 aliphatic heterocycles. The van der Waals surface area contributed by atoms with Gasteiger partial charge in [-0.2, -0.15) is 5.26 Å². The van der Waals surface area contributed by atoms with Crippen LogP contribution < -0.4 is 9.46 Å². The van der Waals surface area contributed by atoms with Crippen molar-refractivity contribution in [2.45, 2.75) is 11.8 Å². The fraction of sp³-hybridized carbons (Fsp3) is 0.200. The fourth-order valence-electron chi connectivity index (χ4n) is 2.11. The zero-order chi connectivity index (χ0) is 18.8. The lowest BCUT2D eigenvalue weighted by molar-refractivity contribution is 0.0598. The van der Waals surface area contributed by atoms with E-state index in [0.717, 1.165) is 7.11 Å². The van der Waals surface area contributed by atoms with Gasteiger partial charge in [0.15, 0.2) is 0 Å². The molecular formula is C15H13ClN2O6S. The molecule has 0 aliphatic carbocycles. The summed E-state index contributed by atoms with van der Waals surface area (Å²) in [7, 11) is -1.77. The molecule has 0 radical (unpaired) electrons. The Morgan fingerprint density at radius 3 is 2.60 bits per heavy atom. The first-order valence-corrected chi connectivity index (χ1v) is 8.59. The lowest BCUT2D eigenvalue weighted by Crippen LogP contribution is -2.14. The molecule has 0 spiro atoms. The Bertz CT molecular complexity index is 975. The fourth-order valence-corrected chi connectivity index (χ4v) is 3.54.